The number of hydrogen-bond donors (Lipinski definition) is 1. The normalized spacial score (nSPS) is 15.9. The van der Waals surface area contributed by atoms with Crippen LogP contribution in [0, 0.1) is 0 Å². The van der Waals surface area contributed by atoms with Crippen molar-refractivity contribution >= 4 is 29.1 Å². The minimum absolute atomic E-state index is 0.356. The van der Waals surface area contributed by atoms with Gasteiger partial charge in [0.2, 0.25) is 0 Å². The zero-order valence-corrected chi connectivity index (χ0v) is 14.5. The Balaban J connectivity index is 1.61. The van der Waals surface area contributed by atoms with Gasteiger partial charge < -0.3 is 9.64 Å². The van der Waals surface area contributed by atoms with Gasteiger partial charge in [0.1, 0.15) is 0 Å². The fourth-order valence-electron chi connectivity index (χ4n) is 3.12. The van der Waals surface area contributed by atoms with E-state index in [9.17, 15) is 9.59 Å². The third-order valence-corrected chi connectivity index (χ3v) is 4.41. The third-order valence-electron chi connectivity index (χ3n) is 4.41. The summed E-state index contributed by atoms with van der Waals surface area (Å²) in [5.74, 6) is -0.390. The van der Waals surface area contributed by atoms with Gasteiger partial charge in [-0.15, -0.1) is 0 Å². The van der Waals surface area contributed by atoms with Gasteiger partial charge in [0.15, 0.2) is 6.10 Å². The molecule has 1 atom stereocenters. The number of hydrogen-bond acceptors (Lipinski definition) is 4. The van der Waals surface area contributed by atoms with Crippen LogP contribution in [-0.4, -0.2) is 18.1 Å². The molecule has 1 unspecified atom stereocenters. The minimum Gasteiger partial charge on any atom is -0.435 e. The van der Waals surface area contributed by atoms with E-state index < -0.39 is 12.2 Å². The molecule has 1 saturated heterocycles. The second-order valence-electron chi connectivity index (χ2n) is 6.26. The number of anilines is 3. The average Bonchev–Trinajstić information content (AvgIpc) is 3.02. The Morgan fingerprint density at radius 1 is 0.741 bits per heavy atom. The summed E-state index contributed by atoms with van der Waals surface area (Å²) in [4.78, 5) is 25.0. The van der Waals surface area contributed by atoms with Crippen molar-refractivity contribution in [2.24, 2.45) is 0 Å². The number of benzene rings is 3. The highest BCUT2D eigenvalue weighted by Gasteiger charge is 2.32. The van der Waals surface area contributed by atoms with Crippen LogP contribution in [0.25, 0.3) is 0 Å². The van der Waals surface area contributed by atoms with E-state index in [0.29, 0.717) is 6.42 Å². The first-order chi connectivity index (χ1) is 13.2. The molecular weight excluding hydrogens is 340 g/mol. The number of alkyl carbamates (subject to hydrolysis) is 1. The second kappa shape index (κ2) is 7.33. The van der Waals surface area contributed by atoms with E-state index in [1.807, 2.05) is 60.7 Å². The summed E-state index contributed by atoms with van der Waals surface area (Å²) < 4.78 is 4.98. The molecule has 1 aliphatic heterocycles. The third kappa shape index (κ3) is 3.67. The summed E-state index contributed by atoms with van der Waals surface area (Å²) in [6.45, 7) is 0. The maximum atomic E-state index is 11.7. The van der Waals surface area contributed by atoms with Crippen molar-refractivity contribution in [1.29, 1.82) is 0 Å². The van der Waals surface area contributed by atoms with E-state index in [2.05, 4.69) is 34.5 Å². The lowest BCUT2D eigenvalue weighted by Crippen LogP contribution is -2.25. The Morgan fingerprint density at radius 3 is 1.74 bits per heavy atom. The molecule has 0 spiro atoms. The molecule has 4 rings (SSSR count). The van der Waals surface area contributed by atoms with Gasteiger partial charge in [0.05, 0.1) is 0 Å². The van der Waals surface area contributed by atoms with Crippen molar-refractivity contribution in [2.75, 3.05) is 4.90 Å². The molecule has 0 aliphatic carbocycles. The number of amides is 2. The number of carbonyl (C=O) groups excluding carboxylic acids is 2. The Bertz CT molecular complexity index is 901. The van der Waals surface area contributed by atoms with Crippen molar-refractivity contribution in [3.8, 4) is 0 Å². The fourth-order valence-corrected chi connectivity index (χ4v) is 3.12. The lowest BCUT2D eigenvalue weighted by molar-refractivity contribution is -0.123. The average molecular weight is 358 g/mol. The van der Waals surface area contributed by atoms with Crippen LogP contribution in [0.4, 0.5) is 21.9 Å². The highest BCUT2D eigenvalue weighted by Crippen LogP contribution is 2.34. The summed E-state index contributed by atoms with van der Waals surface area (Å²) in [5, 5.41) is 2.15. The molecule has 134 valence electrons. The molecule has 0 saturated carbocycles. The number of para-hydroxylation sites is 2. The largest absolute Gasteiger partial charge is 0.435 e. The van der Waals surface area contributed by atoms with E-state index in [-0.39, 0.29) is 5.91 Å². The minimum atomic E-state index is -0.761. The summed E-state index contributed by atoms with van der Waals surface area (Å²) in [7, 11) is 0. The van der Waals surface area contributed by atoms with Crippen LogP contribution in [-0.2, 0) is 16.0 Å². The first-order valence-electron chi connectivity index (χ1n) is 8.71. The molecule has 3 aromatic rings. The molecule has 0 radical (unpaired) electrons. The van der Waals surface area contributed by atoms with Crippen LogP contribution in [0.15, 0.2) is 84.9 Å². The number of carbonyl (C=O) groups is 2. The zero-order valence-electron chi connectivity index (χ0n) is 14.5. The van der Waals surface area contributed by atoms with Crippen LogP contribution < -0.4 is 10.2 Å². The van der Waals surface area contributed by atoms with E-state index in [0.717, 1.165) is 22.6 Å². The van der Waals surface area contributed by atoms with Crippen LogP contribution in [0.2, 0.25) is 0 Å². The molecule has 0 bridgehead atoms. The SMILES string of the molecule is O=C1NC(=O)C(Cc2ccc(N(c3ccccc3)c3ccccc3)cc2)O1. The molecule has 1 fully saturated rings. The number of rotatable bonds is 5. The van der Waals surface area contributed by atoms with Gasteiger partial charge >= 0.3 is 6.09 Å². The molecule has 1 N–H and O–H groups in total. The molecule has 1 heterocycles. The molecule has 5 nitrogen and oxygen atoms in total. The highest BCUT2D eigenvalue weighted by atomic mass is 16.6. The number of nitrogens with one attached hydrogen (secondary N) is 1. The molecule has 27 heavy (non-hydrogen) atoms. The predicted octanol–water partition coefficient (Wildman–Crippen LogP) is 4.33. The van der Waals surface area contributed by atoms with Crippen molar-refractivity contribution in [2.45, 2.75) is 12.5 Å². The monoisotopic (exact) mass is 358 g/mol. The number of imide groups is 1. The van der Waals surface area contributed by atoms with E-state index >= 15 is 0 Å². The quantitative estimate of drug-likeness (QED) is 0.737. The smallest absolute Gasteiger partial charge is 0.414 e. The molecule has 2 amide bonds. The first-order valence-corrected chi connectivity index (χ1v) is 8.71. The standard InChI is InChI=1S/C22H18N2O3/c25-21-20(27-22(26)23-21)15-16-11-13-19(14-12-16)24(17-7-3-1-4-8-17)18-9-5-2-6-10-18/h1-14,20H,15H2,(H,23,25,26). The number of cyclic esters (lactones) is 1. The first kappa shape index (κ1) is 16.8. The van der Waals surface area contributed by atoms with Crippen LogP contribution in [0.5, 0.6) is 0 Å². The van der Waals surface area contributed by atoms with Gasteiger partial charge in [-0.05, 0) is 42.0 Å². The Hall–Kier alpha value is -3.60. The van der Waals surface area contributed by atoms with Gasteiger partial charge in [-0.3, -0.25) is 10.1 Å². The van der Waals surface area contributed by atoms with E-state index in [4.69, 9.17) is 4.74 Å². The van der Waals surface area contributed by atoms with E-state index in [1.165, 1.54) is 0 Å². The Kier molecular flexibility index (Phi) is 4.58. The summed E-state index contributed by atoms with van der Waals surface area (Å²) in [5.41, 5.74) is 4.04. The number of ether oxygens (including phenoxy) is 1. The predicted molar refractivity (Wildman–Crippen MR) is 103 cm³/mol. The fraction of sp³-hybridized carbons (Fsp3) is 0.0909. The topological polar surface area (TPSA) is 58.6 Å². The van der Waals surface area contributed by atoms with Gasteiger partial charge in [0, 0.05) is 23.5 Å². The lowest BCUT2D eigenvalue weighted by Gasteiger charge is -2.25. The number of nitrogens with zero attached hydrogens (tertiary/aromatic N) is 1. The van der Waals surface area contributed by atoms with Gasteiger partial charge in [0.25, 0.3) is 5.91 Å². The maximum absolute atomic E-state index is 11.7. The molecular formula is C22H18N2O3. The summed E-state index contributed by atoms with van der Waals surface area (Å²) in [6.07, 6.45) is -1.09. The Labute approximate surface area is 157 Å². The van der Waals surface area contributed by atoms with Crippen molar-refractivity contribution in [1.82, 2.24) is 5.32 Å². The zero-order chi connectivity index (χ0) is 18.6. The second-order valence-corrected chi connectivity index (χ2v) is 6.26. The molecule has 3 aromatic carbocycles. The molecule has 1 aliphatic rings. The Morgan fingerprint density at radius 2 is 1.26 bits per heavy atom. The van der Waals surface area contributed by atoms with Crippen LogP contribution >= 0.6 is 0 Å². The highest BCUT2D eigenvalue weighted by molar-refractivity contribution is 6.00. The maximum Gasteiger partial charge on any atom is 0.414 e. The lowest BCUT2D eigenvalue weighted by atomic mass is 10.1. The van der Waals surface area contributed by atoms with Crippen LogP contribution in [0.3, 0.4) is 0 Å². The van der Waals surface area contributed by atoms with E-state index in [1.54, 1.807) is 0 Å². The molecule has 0 aromatic heterocycles. The van der Waals surface area contributed by atoms with Crippen molar-refractivity contribution in [3.63, 3.8) is 0 Å². The summed E-state index contributed by atoms with van der Waals surface area (Å²) in [6, 6.07) is 28.2. The van der Waals surface area contributed by atoms with Crippen molar-refractivity contribution < 1.29 is 14.3 Å². The van der Waals surface area contributed by atoms with Gasteiger partial charge in [-0.1, -0.05) is 48.5 Å². The van der Waals surface area contributed by atoms with Crippen LogP contribution in [0.1, 0.15) is 5.56 Å². The van der Waals surface area contributed by atoms with Gasteiger partial charge in [-0.25, -0.2) is 4.79 Å². The summed E-state index contributed by atoms with van der Waals surface area (Å²) >= 11 is 0. The molecule has 5 heteroatoms. The van der Waals surface area contributed by atoms with Gasteiger partial charge in [-0.2, -0.15) is 0 Å². The van der Waals surface area contributed by atoms with Crippen molar-refractivity contribution in [3.05, 3.63) is 90.5 Å².